The molecule has 10 aromatic rings. The van der Waals surface area contributed by atoms with Crippen LogP contribution in [0.25, 0.3) is 99.2 Å². The van der Waals surface area contributed by atoms with E-state index in [1.807, 2.05) is 24.3 Å². The summed E-state index contributed by atoms with van der Waals surface area (Å²) in [5.41, 5.74) is 4.43. The third kappa shape index (κ3) is 4.19. The van der Waals surface area contributed by atoms with Crippen molar-refractivity contribution in [3.63, 3.8) is 0 Å². The molecule has 0 saturated carbocycles. The Kier molecular flexibility index (Phi) is 5.54. The standard InChI is InChI=1S/C43H25N3O/c1-2-9-29-23-30(15-13-26(29)7-1)41-44-42(46-43(45-41)32-19-22-37-36-11-5-6-12-39(36)47-40(37)25-32)31-16-14-28-18-20-34-33-10-4-3-8-27(33)17-21-35(34)38(28)24-31/h1-25H. The number of para-hydroxylation sites is 1. The molecule has 0 radical (unpaired) electrons. The molecule has 0 aliphatic heterocycles. The molecule has 2 heterocycles. The Morgan fingerprint density at radius 2 is 0.787 bits per heavy atom. The number of benzene rings is 8. The lowest BCUT2D eigenvalue weighted by Gasteiger charge is -2.11. The van der Waals surface area contributed by atoms with E-state index in [9.17, 15) is 0 Å². The maximum atomic E-state index is 6.24. The fraction of sp³-hybridized carbons (Fsp3) is 0. The molecule has 0 N–H and O–H groups in total. The third-order valence-corrected chi connectivity index (χ3v) is 9.28. The summed E-state index contributed by atoms with van der Waals surface area (Å²) in [5, 5.41) is 11.8. The van der Waals surface area contributed by atoms with Gasteiger partial charge in [0, 0.05) is 27.5 Å². The molecule has 0 amide bonds. The molecule has 0 unspecified atom stereocenters. The smallest absolute Gasteiger partial charge is 0.164 e. The highest BCUT2D eigenvalue weighted by atomic mass is 16.3. The van der Waals surface area contributed by atoms with Gasteiger partial charge in [0.2, 0.25) is 0 Å². The number of aromatic nitrogens is 3. The molecule has 0 aliphatic carbocycles. The molecule has 0 aliphatic rings. The van der Waals surface area contributed by atoms with E-state index in [-0.39, 0.29) is 0 Å². The van der Waals surface area contributed by atoms with Crippen molar-refractivity contribution in [1.82, 2.24) is 15.0 Å². The van der Waals surface area contributed by atoms with Crippen LogP contribution in [0.1, 0.15) is 0 Å². The van der Waals surface area contributed by atoms with Gasteiger partial charge in [-0.15, -0.1) is 0 Å². The summed E-state index contributed by atoms with van der Waals surface area (Å²) in [4.78, 5) is 15.2. The second-order valence-electron chi connectivity index (χ2n) is 12.1. The van der Waals surface area contributed by atoms with Gasteiger partial charge in [0.25, 0.3) is 0 Å². The van der Waals surface area contributed by atoms with Crippen molar-refractivity contribution in [2.75, 3.05) is 0 Å². The molecule has 47 heavy (non-hydrogen) atoms. The summed E-state index contributed by atoms with van der Waals surface area (Å²) in [6.07, 6.45) is 0. The third-order valence-electron chi connectivity index (χ3n) is 9.28. The minimum absolute atomic E-state index is 0.601. The Balaban J connectivity index is 1.20. The van der Waals surface area contributed by atoms with E-state index >= 15 is 0 Å². The van der Waals surface area contributed by atoms with Crippen LogP contribution in [0.2, 0.25) is 0 Å². The van der Waals surface area contributed by atoms with E-state index in [0.29, 0.717) is 17.5 Å². The monoisotopic (exact) mass is 599 g/mol. The zero-order chi connectivity index (χ0) is 30.9. The lowest BCUT2D eigenvalue weighted by atomic mass is 9.96. The fourth-order valence-electron chi connectivity index (χ4n) is 6.91. The topological polar surface area (TPSA) is 51.8 Å². The lowest BCUT2D eigenvalue weighted by Crippen LogP contribution is -2.00. The molecule has 2 aromatic heterocycles. The SMILES string of the molecule is c1ccc2cc(-c3nc(-c4ccc5c(c4)oc4ccccc45)nc(-c4ccc5ccc6c7ccccc7ccc6c5c4)n3)ccc2c1. The first-order chi connectivity index (χ1) is 23.2. The molecular weight excluding hydrogens is 574 g/mol. The summed E-state index contributed by atoms with van der Waals surface area (Å²) in [7, 11) is 0. The summed E-state index contributed by atoms with van der Waals surface area (Å²) in [6.45, 7) is 0. The van der Waals surface area contributed by atoms with Crippen molar-refractivity contribution in [3.05, 3.63) is 152 Å². The van der Waals surface area contributed by atoms with Crippen LogP contribution < -0.4 is 0 Å². The molecular formula is C43H25N3O. The summed E-state index contributed by atoms with van der Waals surface area (Å²) >= 11 is 0. The van der Waals surface area contributed by atoms with Crippen molar-refractivity contribution < 1.29 is 4.42 Å². The average molecular weight is 600 g/mol. The Hall–Kier alpha value is -6.39. The van der Waals surface area contributed by atoms with Gasteiger partial charge < -0.3 is 4.42 Å². The van der Waals surface area contributed by atoms with Crippen molar-refractivity contribution in [2.24, 2.45) is 0 Å². The van der Waals surface area contributed by atoms with Crippen LogP contribution in [0.5, 0.6) is 0 Å². The number of furan rings is 1. The molecule has 4 nitrogen and oxygen atoms in total. The van der Waals surface area contributed by atoms with Crippen LogP contribution in [0.15, 0.2) is 156 Å². The van der Waals surface area contributed by atoms with Crippen molar-refractivity contribution in [2.45, 2.75) is 0 Å². The molecule has 0 spiro atoms. The first-order valence-electron chi connectivity index (χ1n) is 15.8. The normalized spacial score (nSPS) is 11.8. The minimum Gasteiger partial charge on any atom is -0.456 e. The van der Waals surface area contributed by atoms with E-state index < -0.39 is 0 Å². The number of hydrogen-bond donors (Lipinski definition) is 0. The van der Waals surface area contributed by atoms with E-state index in [1.54, 1.807) is 0 Å². The first kappa shape index (κ1) is 25.9. The van der Waals surface area contributed by atoms with Gasteiger partial charge in [-0.05, 0) is 73.4 Å². The van der Waals surface area contributed by atoms with Gasteiger partial charge in [0.05, 0.1) is 0 Å². The predicted molar refractivity (Wildman–Crippen MR) is 193 cm³/mol. The average Bonchev–Trinajstić information content (AvgIpc) is 3.52. The van der Waals surface area contributed by atoms with Gasteiger partial charge in [-0.1, -0.05) is 121 Å². The van der Waals surface area contributed by atoms with E-state index in [4.69, 9.17) is 19.4 Å². The second kappa shape index (κ2) is 10.1. The molecule has 4 heteroatoms. The zero-order valence-electron chi connectivity index (χ0n) is 25.2. The first-order valence-corrected chi connectivity index (χ1v) is 15.8. The Morgan fingerprint density at radius 3 is 1.57 bits per heavy atom. The van der Waals surface area contributed by atoms with E-state index in [2.05, 4.69) is 127 Å². The molecule has 0 fully saturated rings. The van der Waals surface area contributed by atoms with Gasteiger partial charge in [0.1, 0.15) is 11.2 Å². The number of rotatable bonds is 3. The van der Waals surface area contributed by atoms with E-state index in [0.717, 1.165) is 44.0 Å². The van der Waals surface area contributed by atoms with Gasteiger partial charge in [-0.2, -0.15) is 0 Å². The Morgan fingerprint density at radius 1 is 0.298 bits per heavy atom. The highest BCUT2D eigenvalue weighted by Gasteiger charge is 2.16. The Labute approximate surface area is 269 Å². The molecule has 8 aromatic carbocycles. The molecule has 0 atom stereocenters. The highest BCUT2D eigenvalue weighted by molar-refractivity contribution is 6.17. The van der Waals surface area contributed by atoms with Crippen LogP contribution in [-0.4, -0.2) is 15.0 Å². The van der Waals surface area contributed by atoms with Crippen LogP contribution in [0.3, 0.4) is 0 Å². The summed E-state index contributed by atoms with van der Waals surface area (Å²) in [6, 6.07) is 53.0. The van der Waals surface area contributed by atoms with Crippen LogP contribution in [-0.2, 0) is 0 Å². The van der Waals surface area contributed by atoms with Crippen LogP contribution in [0, 0.1) is 0 Å². The molecule has 218 valence electrons. The van der Waals surface area contributed by atoms with Crippen molar-refractivity contribution in [1.29, 1.82) is 0 Å². The number of fused-ring (bicyclic) bond motifs is 9. The van der Waals surface area contributed by atoms with Crippen molar-refractivity contribution >= 4 is 65.0 Å². The van der Waals surface area contributed by atoms with Gasteiger partial charge >= 0.3 is 0 Å². The highest BCUT2D eigenvalue weighted by Crippen LogP contribution is 2.35. The molecule has 0 saturated heterocycles. The van der Waals surface area contributed by atoms with Gasteiger partial charge in [-0.25, -0.2) is 15.0 Å². The zero-order valence-corrected chi connectivity index (χ0v) is 25.2. The van der Waals surface area contributed by atoms with Crippen LogP contribution in [0.4, 0.5) is 0 Å². The predicted octanol–water partition coefficient (Wildman–Crippen LogP) is 11.4. The minimum atomic E-state index is 0.601. The second-order valence-corrected chi connectivity index (χ2v) is 12.1. The summed E-state index contributed by atoms with van der Waals surface area (Å²) in [5.74, 6) is 1.86. The van der Waals surface area contributed by atoms with Gasteiger partial charge in [0.15, 0.2) is 17.5 Å². The number of hydrogen-bond acceptors (Lipinski definition) is 4. The van der Waals surface area contributed by atoms with Crippen molar-refractivity contribution in [3.8, 4) is 34.2 Å². The largest absolute Gasteiger partial charge is 0.456 e. The fourth-order valence-corrected chi connectivity index (χ4v) is 6.91. The molecule has 0 bridgehead atoms. The maximum absolute atomic E-state index is 6.24. The van der Waals surface area contributed by atoms with Gasteiger partial charge in [-0.3, -0.25) is 0 Å². The maximum Gasteiger partial charge on any atom is 0.164 e. The molecule has 10 rings (SSSR count). The lowest BCUT2D eigenvalue weighted by molar-refractivity contribution is 0.669. The quantitative estimate of drug-likeness (QED) is 0.190. The van der Waals surface area contributed by atoms with Crippen LogP contribution >= 0.6 is 0 Å². The summed E-state index contributed by atoms with van der Waals surface area (Å²) < 4.78 is 6.24. The van der Waals surface area contributed by atoms with E-state index in [1.165, 1.54) is 37.7 Å². The number of nitrogens with zero attached hydrogens (tertiary/aromatic N) is 3. The Bertz CT molecular complexity index is 2870.